The van der Waals surface area contributed by atoms with Gasteiger partial charge in [-0.15, -0.1) is 0 Å². The fraction of sp³-hybridized carbons (Fsp3) is 0.500. The van der Waals surface area contributed by atoms with Crippen LogP contribution in [0.3, 0.4) is 0 Å². The van der Waals surface area contributed by atoms with E-state index in [0.29, 0.717) is 12.6 Å². The van der Waals surface area contributed by atoms with Gasteiger partial charge in [-0.25, -0.2) is 9.78 Å². The third-order valence-corrected chi connectivity index (χ3v) is 2.20. The number of alkyl halides is 3. The highest BCUT2D eigenvalue weighted by Crippen LogP contribution is 2.29. The molecule has 1 heterocycles. The van der Waals surface area contributed by atoms with Crippen LogP contribution in [0.1, 0.15) is 36.8 Å². The number of pyridine rings is 1. The standard InChI is InChI=1S/C12H15F3N2O2/c1-11(2,3)6-16-9-7(10(18)19)4-5-8(17-9)12(13,14)15/h4-5H,6H2,1-3H3,(H,16,17)(H,18,19). The fourth-order valence-corrected chi connectivity index (χ4v) is 1.27. The first-order valence-electron chi connectivity index (χ1n) is 5.56. The predicted molar refractivity (Wildman–Crippen MR) is 64.1 cm³/mol. The van der Waals surface area contributed by atoms with Crippen LogP contribution in [-0.2, 0) is 6.18 Å². The molecule has 7 heteroatoms. The minimum Gasteiger partial charge on any atom is -0.478 e. The number of carbonyl (C=O) groups is 1. The number of carboxylic acid groups (broad SMARTS) is 1. The molecule has 2 N–H and O–H groups in total. The summed E-state index contributed by atoms with van der Waals surface area (Å²) in [6.07, 6.45) is -4.60. The van der Waals surface area contributed by atoms with Crippen LogP contribution in [0.2, 0.25) is 0 Å². The minimum atomic E-state index is -4.60. The van der Waals surface area contributed by atoms with Crippen molar-refractivity contribution >= 4 is 11.8 Å². The molecule has 0 radical (unpaired) electrons. The molecule has 1 aromatic heterocycles. The molecule has 106 valence electrons. The smallest absolute Gasteiger partial charge is 0.433 e. The van der Waals surface area contributed by atoms with E-state index in [4.69, 9.17) is 5.11 Å². The molecule has 0 saturated carbocycles. The Balaban J connectivity index is 3.13. The topological polar surface area (TPSA) is 62.2 Å². The Kier molecular flexibility index (Phi) is 4.07. The lowest BCUT2D eigenvalue weighted by atomic mass is 9.97. The van der Waals surface area contributed by atoms with Crippen molar-refractivity contribution in [3.63, 3.8) is 0 Å². The Morgan fingerprint density at radius 1 is 1.32 bits per heavy atom. The highest BCUT2D eigenvalue weighted by Gasteiger charge is 2.33. The Morgan fingerprint density at radius 3 is 2.32 bits per heavy atom. The molecule has 0 amide bonds. The van der Waals surface area contributed by atoms with Gasteiger partial charge in [0, 0.05) is 6.54 Å². The lowest BCUT2D eigenvalue weighted by molar-refractivity contribution is -0.141. The van der Waals surface area contributed by atoms with Crippen molar-refractivity contribution in [2.45, 2.75) is 26.9 Å². The number of aromatic carboxylic acids is 1. The van der Waals surface area contributed by atoms with Crippen molar-refractivity contribution in [2.24, 2.45) is 5.41 Å². The van der Waals surface area contributed by atoms with Crippen LogP contribution in [0.15, 0.2) is 12.1 Å². The molecular formula is C12H15F3N2O2. The summed E-state index contributed by atoms with van der Waals surface area (Å²) in [6.45, 7) is 5.91. The highest BCUT2D eigenvalue weighted by atomic mass is 19.4. The zero-order valence-electron chi connectivity index (χ0n) is 10.8. The third kappa shape index (κ3) is 4.42. The maximum absolute atomic E-state index is 12.5. The van der Waals surface area contributed by atoms with Gasteiger partial charge < -0.3 is 10.4 Å². The Labute approximate surface area is 108 Å². The quantitative estimate of drug-likeness (QED) is 0.889. The van der Waals surface area contributed by atoms with E-state index in [0.717, 1.165) is 6.07 Å². The number of carboxylic acids is 1. The zero-order chi connectivity index (χ0) is 14.8. The summed E-state index contributed by atoms with van der Waals surface area (Å²) in [4.78, 5) is 14.3. The minimum absolute atomic E-state index is 0.217. The summed E-state index contributed by atoms with van der Waals surface area (Å²) in [5, 5.41) is 11.6. The lowest BCUT2D eigenvalue weighted by Crippen LogP contribution is -2.22. The van der Waals surface area contributed by atoms with Gasteiger partial charge in [0.2, 0.25) is 0 Å². The molecule has 0 bridgehead atoms. The van der Waals surface area contributed by atoms with Gasteiger partial charge in [0.05, 0.1) is 0 Å². The van der Waals surface area contributed by atoms with Gasteiger partial charge in [0.25, 0.3) is 0 Å². The maximum atomic E-state index is 12.5. The normalized spacial score (nSPS) is 12.3. The second-order valence-electron chi connectivity index (χ2n) is 5.31. The molecule has 1 rings (SSSR count). The van der Waals surface area contributed by atoms with Crippen molar-refractivity contribution in [2.75, 3.05) is 11.9 Å². The largest absolute Gasteiger partial charge is 0.478 e. The summed E-state index contributed by atoms with van der Waals surface area (Å²) in [7, 11) is 0. The summed E-state index contributed by atoms with van der Waals surface area (Å²) in [6, 6.07) is 1.56. The highest BCUT2D eigenvalue weighted by molar-refractivity contribution is 5.93. The zero-order valence-corrected chi connectivity index (χ0v) is 10.8. The van der Waals surface area contributed by atoms with Crippen LogP contribution in [0, 0.1) is 5.41 Å². The number of aromatic nitrogens is 1. The molecule has 0 atom stereocenters. The first kappa shape index (κ1) is 15.3. The van der Waals surface area contributed by atoms with E-state index in [1.54, 1.807) is 0 Å². The Morgan fingerprint density at radius 2 is 1.89 bits per heavy atom. The molecular weight excluding hydrogens is 261 g/mol. The van der Waals surface area contributed by atoms with Crippen LogP contribution in [0.25, 0.3) is 0 Å². The molecule has 0 unspecified atom stereocenters. The van der Waals surface area contributed by atoms with Crippen molar-refractivity contribution in [1.29, 1.82) is 0 Å². The van der Waals surface area contributed by atoms with Crippen molar-refractivity contribution in [3.05, 3.63) is 23.4 Å². The van der Waals surface area contributed by atoms with E-state index >= 15 is 0 Å². The molecule has 0 aliphatic heterocycles. The molecule has 19 heavy (non-hydrogen) atoms. The molecule has 0 aliphatic rings. The Hall–Kier alpha value is -1.79. The summed E-state index contributed by atoms with van der Waals surface area (Å²) in [5.74, 6) is -1.59. The fourth-order valence-electron chi connectivity index (χ4n) is 1.27. The first-order chi connectivity index (χ1) is 8.50. The molecule has 0 aromatic carbocycles. The summed E-state index contributed by atoms with van der Waals surface area (Å²) < 4.78 is 37.6. The van der Waals surface area contributed by atoms with Crippen molar-refractivity contribution in [1.82, 2.24) is 4.98 Å². The van der Waals surface area contributed by atoms with Crippen molar-refractivity contribution in [3.8, 4) is 0 Å². The van der Waals surface area contributed by atoms with Crippen LogP contribution >= 0.6 is 0 Å². The van der Waals surface area contributed by atoms with Gasteiger partial charge in [-0.05, 0) is 17.5 Å². The number of hydrogen-bond donors (Lipinski definition) is 2. The van der Waals surface area contributed by atoms with Crippen molar-refractivity contribution < 1.29 is 23.1 Å². The number of hydrogen-bond acceptors (Lipinski definition) is 3. The van der Waals surface area contributed by atoms with Gasteiger partial charge in [-0.1, -0.05) is 20.8 Å². The van der Waals surface area contributed by atoms with E-state index in [2.05, 4.69) is 10.3 Å². The maximum Gasteiger partial charge on any atom is 0.433 e. The number of halogens is 3. The summed E-state index contributed by atoms with van der Waals surface area (Å²) >= 11 is 0. The second kappa shape index (κ2) is 5.07. The Bertz CT molecular complexity index is 479. The van der Waals surface area contributed by atoms with E-state index in [-0.39, 0.29) is 16.8 Å². The molecule has 0 spiro atoms. The SMILES string of the molecule is CC(C)(C)CNc1nc(C(F)(F)F)ccc1C(=O)O. The van der Waals surface area contributed by atoms with E-state index in [1.807, 2.05) is 20.8 Å². The van der Waals surface area contributed by atoms with E-state index < -0.39 is 17.8 Å². The van der Waals surface area contributed by atoms with Crippen LogP contribution in [0.4, 0.5) is 19.0 Å². The van der Waals surface area contributed by atoms with Crippen LogP contribution in [0.5, 0.6) is 0 Å². The summed E-state index contributed by atoms with van der Waals surface area (Å²) in [5.41, 5.74) is -1.61. The van der Waals surface area contributed by atoms with Gasteiger partial charge in [0.1, 0.15) is 17.1 Å². The predicted octanol–water partition coefficient (Wildman–Crippen LogP) is 3.26. The lowest BCUT2D eigenvalue weighted by Gasteiger charge is -2.20. The van der Waals surface area contributed by atoms with Gasteiger partial charge in [-0.3, -0.25) is 0 Å². The van der Waals surface area contributed by atoms with Crippen LogP contribution < -0.4 is 5.32 Å². The molecule has 4 nitrogen and oxygen atoms in total. The molecule has 0 aliphatic carbocycles. The molecule has 1 aromatic rings. The second-order valence-corrected chi connectivity index (χ2v) is 5.31. The van der Waals surface area contributed by atoms with Gasteiger partial charge in [0.15, 0.2) is 0 Å². The number of nitrogens with zero attached hydrogens (tertiary/aromatic N) is 1. The average Bonchev–Trinajstić information content (AvgIpc) is 2.23. The van der Waals surface area contributed by atoms with Gasteiger partial charge >= 0.3 is 12.1 Å². The molecule has 0 saturated heterocycles. The molecule has 0 fully saturated rings. The van der Waals surface area contributed by atoms with E-state index in [1.165, 1.54) is 0 Å². The third-order valence-electron chi connectivity index (χ3n) is 2.20. The monoisotopic (exact) mass is 276 g/mol. The average molecular weight is 276 g/mol. The number of rotatable bonds is 3. The number of nitrogens with one attached hydrogen (secondary N) is 1. The van der Waals surface area contributed by atoms with Gasteiger partial charge in [-0.2, -0.15) is 13.2 Å². The number of anilines is 1. The van der Waals surface area contributed by atoms with Crippen LogP contribution in [-0.4, -0.2) is 22.6 Å². The first-order valence-corrected chi connectivity index (χ1v) is 5.56. The van der Waals surface area contributed by atoms with E-state index in [9.17, 15) is 18.0 Å².